The lowest BCUT2D eigenvalue weighted by Gasteiger charge is -2.39. The van der Waals surface area contributed by atoms with E-state index >= 15 is 0 Å². The summed E-state index contributed by atoms with van der Waals surface area (Å²) in [6.45, 7) is 4.05. The van der Waals surface area contributed by atoms with Crippen LogP contribution in [0.25, 0.3) is 0 Å². The number of halogens is 3. The summed E-state index contributed by atoms with van der Waals surface area (Å²) in [4.78, 5) is 0. The summed E-state index contributed by atoms with van der Waals surface area (Å²) in [5.74, 6) is -0.144. The molecule has 0 aromatic rings. The third-order valence-electron chi connectivity index (χ3n) is 4.39. The number of unbranched alkanes of at least 4 members (excludes halogenated alkanes) is 1. The summed E-state index contributed by atoms with van der Waals surface area (Å²) in [7, 11) is 0. The monoisotopic (exact) mass is 250 g/mol. The van der Waals surface area contributed by atoms with E-state index in [9.17, 15) is 13.2 Å². The Morgan fingerprint density at radius 1 is 1.00 bits per heavy atom. The van der Waals surface area contributed by atoms with Crippen LogP contribution < -0.4 is 0 Å². The minimum atomic E-state index is -4.00. The van der Waals surface area contributed by atoms with Crippen LogP contribution in [-0.2, 0) is 0 Å². The average Bonchev–Trinajstić information content (AvgIpc) is 2.73. The first-order valence-electron chi connectivity index (χ1n) is 7.04. The summed E-state index contributed by atoms with van der Waals surface area (Å²) >= 11 is 0. The molecule has 0 spiro atoms. The standard InChI is InChI=1S/C14H25F3/c1-3-5-9-12(8-4-2)13(14(15,16)17)10-6-7-11-13/h12H,3-11H2,1-2H3. The number of hydrogen-bond donors (Lipinski definition) is 0. The fourth-order valence-electron chi connectivity index (χ4n) is 3.42. The maximum absolute atomic E-state index is 13.4. The molecule has 1 rings (SSSR count). The van der Waals surface area contributed by atoms with Crippen molar-refractivity contribution in [3.8, 4) is 0 Å². The molecule has 1 aliphatic carbocycles. The van der Waals surface area contributed by atoms with E-state index in [1.165, 1.54) is 0 Å². The van der Waals surface area contributed by atoms with Crippen LogP contribution in [0.1, 0.15) is 71.6 Å². The van der Waals surface area contributed by atoms with Gasteiger partial charge in [0.25, 0.3) is 0 Å². The molecule has 17 heavy (non-hydrogen) atoms. The molecule has 0 N–H and O–H groups in total. The van der Waals surface area contributed by atoms with E-state index < -0.39 is 11.6 Å². The molecule has 0 heterocycles. The molecule has 1 saturated carbocycles. The Morgan fingerprint density at radius 3 is 2.00 bits per heavy atom. The van der Waals surface area contributed by atoms with Crippen molar-refractivity contribution in [1.29, 1.82) is 0 Å². The van der Waals surface area contributed by atoms with Crippen molar-refractivity contribution in [3.05, 3.63) is 0 Å². The van der Waals surface area contributed by atoms with E-state index in [0.29, 0.717) is 12.8 Å². The number of rotatable bonds is 6. The van der Waals surface area contributed by atoms with Gasteiger partial charge >= 0.3 is 6.18 Å². The molecule has 102 valence electrons. The number of alkyl halides is 3. The van der Waals surface area contributed by atoms with Gasteiger partial charge in [0.1, 0.15) is 0 Å². The predicted molar refractivity (Wildman–Crippen MR) is 64.9 cm³/mol. The van der Waals surface area contributed by atoms with Crippen LogP contribution in [0.2, 0.25) is 0 Å². The smallest absolute Gasteiger partial charge is 0.170 e. The second-order valence-corrected chi connectivity index (χ2v) is 5.49. The summed E-state index contributed by atoms with van der Waals surface area (Å²) in [6.07, 6.45) is 2.52. The molecule has 0 aromatic heterocycles. The van der Waals surface area contributed by atoms with Gasteiger partial charge in [-0.25, -0.2) is 0 Å². The molecule has 0 saturated heterocycles. The highest BCUT2D eigenvalue weighted by molar-refractivity contribution is 4.95. The van der Waals surface area contributed by atoms with Gasteiger partial charge in [-0.3, -0.25) is 0 Å². The normalized spacial score (nSPS) is 21.7. The molecule has 0 radical (unpaired) electrons. The largest absolute Gasteiger partial charge is 0.394 e. The Balaban J connectivity index is 2.84. The van der Waals surface area contributed by atoms with Crippen molar-refractivity contribution in [2.45, 2.75) is 77.8 Å². The van der Waals surface area contributed by atoms with Gasteiger partial charge in [0, 0.05) is 0 Å². The second kappa shape index (κ2) is 6.10. The lowest BCUT2D eigenvalue weighted by Crippen LogP contribution is -2.42. The Kier molecular flexibility index (Phi) is 5.33. The van der Waals surface area contributed by atoms with E-state index in [0.717, 1.165) is 44.9 Å². The van der Waals surface area contributed by atoms with E-state index in [-0.39, 0.29) is 5.92 Å². The lowest BCUT2D eigenvalue weighted by molar-refractivity contribution is -0.243. The van der Waals surface area contributed by atoms with E-state index in [4.69, 9.17) is 0 Å². The third kappa shape index (κ3) is 3.17. The maximum atomic E-state index is 13.4. The first kappa shape index (κ1) is 14.8. The van der Waals surface area contributed by atoms with Crippen LogP contribution >= 0.6 is 0 Å². The first-order valence-corrected chi connectivity index (χ1v) is 7.04. The summed E-state index contributed by atoms with van der Waals surface area (Å²) in [6, 6.07) is 0. The van der Waals surface area contributed by atoms with Gasteiger partial charge in [0.15, 0.2) is 0 Å². The van der Waals surface area contributed by atoms with Crippen LogP contribution in [-0.4, -0.2) is 6.18 Å². The molecular formula is C14H25F3. The molecule has 0 bridgehead atoms. The Bertz CT molecular complexity index is 214. The maximum Gasteiger partial charge on any atom is 0.394 e. The Morgan fingerprint density at radius 2 is 1.59 bits per heavy atom. The highest BCUT2D eigenvalue weighted by Gasteiger charge is 2.58. The van der Waals surface area contributed by atoms with Crippen molar-refractivity contribution in [2.75, 3.05) is 0 Å². The highest BCUT2D eigenvalue weighted by atomic mass is 19.4. The predicted octanol–water partition coefficient (Wildman–Crippen LogP) is 5.72. The Labute approximate surface area is 103 Å². The van der Waals surface area contributed by atoms with Gasteiger partial charge in [-0.2, -0.15) is 13.2 Å². The molecule has 1 unspecified atom stereocenters. The molecule has 0 amide bonds. The van der Waals surface area contributed by atoms with Crippen molar-refractivity contribution >= 4 is 0 Å². The van der Waals surface area contributed by atoms with Crippen LogP contribution in [0.4, 0.5) is 13.2 Å². The quantitative estimate of drug-likeness (QED) is 0.566. The fraction of sp³-hybridized carbons (Fsp3) is 1.00. The molecular weight excluding hydrogens is 225 g/mol. The van der Waals surface area contributed by atoms with Crippen LogP contribution in [0, 0.1) is 11.3 Å². The van der Waals surface area contributed by atoms with Crippen molar-refractivity contribution < 1.29 is 13.2 Å². The Hall–Kier alpha value is -0.210. The summed E-state index contributed by atoms with van der Waals surface area (Å²) in [5, 5.41) is 0. The molecule has 1 fully saturated rings. The van der Waals surface area contributed by atoms with E-state index in [2.05, 4.69) is 6.92 Å². The molecule has 3 heteroatoms. The van der Waals surface area contributed by atoms with Gasteiger partial charge in [-0.05, 0) is 31.6 Å². The third-order valence-corrected chi connectivity index (χ3v) is 4.39. The topological polar surface area (TPSA) is 0 Å². The zero-order valence-electron chi connectivity index (χ0n) is 11.1. The second-order valence-electron chi connectivity index (χ2n) is 5.49. The SMILES string of the molecule is CCCCC(CCC)C1(C(F)(F)F)CCCC1. The molecule has 1 aliphatic rings. The molecule has 0 aliphatic heterocycles. The van der Waals surface area contributed by atoms with Crippen LogP contribution in [0.15, 0.2) is 0 Å². The van der Waals surface area contributed by atoms with Crippen molar-refractivity contribution in [1.82, 2.24) is 0 Å². The molecule has 1 atom stereocenters. The number of hydrogen-bond acceptors (Lipinski definition) is 0. The molecule has 0 nitrogen and oxygen atoms in total. The minimum Gasteiger partial charge on any atom is -0.170 e. The van der Waals surface area contributed by atoms with Gasteiger partial charge in [0.2, 0.25) is 0 Å². The molecule has 0 aromatic carbocycles. The zero-order chi connectivity index (χ0) is 12.9. The summed E-state index contributed by atoms with van der Waals surface area (Å²) in [5.41, 5.74) is -1.35. The minimum absolute atomic E-state index is 0.144. The van der Waals surface area contributed by atoms with Crippen LogP contribution in [0.5, 0.6) is 0 Å². The van der Waals surface area contributed by atoms with Gasteiger partial charge < -0.3 is 0 Å². The van der Waals surface area contributed by atoms with Gasteiger partial charge in [-0.15, -0.1) is 0 Å². The van der Waals surface area contributed by atoms with Crippen molar-refractivity contribution in [2.24, 2.45) is 11.3 Å². The highest BCUT2D eigenvalue weighted by Crippen LogP contribution is 2.57. The summed E-state index contributed by atoms with van der Waals surface area (Å²) < 4.78 is 40.2. The van der Waals surface area contributed by atoms with Gasteiger partial charge in [-0.1, -0.05) is 46.0 Å². The average molecular weight is 250 g/mol. The fourth-order valence-corrected chi connectivity index (χ4v) is 3.42. The zero-order valence-corrected chi connectivity index (χ0v) is 11.1. The van der Waals surface area contributed by atoms with Crippen molar-refractivity contribution in [3.63, 3.8) is 0 Å². The van der Waals surface area contributed by atoms with E-state index in [1.807, 2.05) is 6.92 Å². The van der Waals surface area contributed by atoms with E-state index in [1.54, 1.807) is 0 Å². The lowest BCUT2D eigenvalue weighted by atomic mass is 9.69. The van der Waals surface area contributed by atoms with Gasteiger partial charge in [0.05, 0.1) is 5.41 Å². The first-order chi connectivity index (χ1) is 7.98. The van der Waals surface area contributed by atoms with Crippen LogP contribution in [0.3, 0.4) is 0 Å².